The van der Waals surface area contributed by atoms with E-state index in [9.17, 15) is 4.39 Å². The Bertz CT molecular complexity index is 669. The second kappa shape index (κ2) is 5.35. The number of aryl methyl sites for hydroxylation is 1. The number of thiazole rings is 1. The number of hydrogen-bond acceptors (Lipinski definition) is 2. The summed E-state index contributed by atoms with van der Waals surface area (Å²) in [4.78, 5) is 5.37. The van der Waals surface area contributed by atoms with Crippen LogP contribution < -0.4 is 0 Å². The first kappa shape index (κ1) is 13.3. The molecule has 1 aromatic heterocycles. The van der Waals surface area contributed by atoms with Crippen LogP contribution in [0.15, 0.2) is 48.5 Å². The lowest BCUT2D eigenvalue weighted by Gasteiger charge is -2.03. The summed E-state index contributed by atoms with van der Waals surface area (Å²) < 4.78 is 13.5. The summed E-state index contributed by atoms with van der Waals surface area (Å²) in [6.45, 7) is 2.05. The van der Waals surface area contributed by atoms with Gasteiger partial charge in [-0.25, -0.2) is 9.37 Å². The van der Waals surface area contributed by atoms with Crippen molar-refractivity contribution in [2.24, 2.45) is 0 Å². The van der Waals surface area contributed by atoms with Crippen LogP contribution in [-0.2, 0) is 0 Å². The van der Waals surface area contributed by atoms with Crippen LogP contribution in [0.5, 0.6) is 0 Å². The summed E-state index contributed by atoms with van der Waals surface area (Å²) in [6.07, 6.45) is 0. The summed E-state index contributed by atoms with van der Waals surface area (Å²) in [5, 5.41) is 0. The summed E-state index contributed by atoms with van der Waals surface area (Å²) in [6, 6.07) is 14.5. The molecule has 0 saturated heterocycles. The molecule has 1 nitrogen and oxygen atoms in total. The lowest BCUT2D eigenvalue weighted by atomic mass is 10.1. The van der Waals surface area contributed by atoms with Gasteiger partial charge in [-0.2, -0.15) is 0 Å². The van der Waals surface area contributed by atoms with Gasteiger partial charge in [0.1, 0.15) is 5.82 Å². The van der Waals surface area contributed by atoms with Crippen LogP contribution in [0.1, 0.15) is 5.56 Å². The lowest BCUT2D eigenvalue weighted by Crippen LogP contribution is -1.83. The number of halogens is 2. The van der Waals surface area contributed by atoms with Gasteiger partial charge in [-0.3, -0.25) is 0 Å². The van der Waals surface area contributed by atoms with E-state index in [0.717, 1.165) is 21.7 Å². The fourth-order valence-electron chi connectivity index (χ4n) is 2.00. The third-order valence-corrected chi connectivity index (χ3v) is 4.24. The van der Waals surface area contributed by atoms with Crippen LogP contribution in [0.3, 0.4) is 0 Å². The minimum Gasteiger partial charge on any atom is -0.224 e. The summed E-state index contributed by atoms with van der Waals surface area (Å²) in [5.41, 5.74) is 3.93. The number of benzene rings is 2. The Morgan fingerprint density at radius 3 is 2.20 bits per heavy atom. The molecule has 0 N–H and O–H groups in total. The van der Waals surface area contributed by atoms with Crippen LogP contribution >= 0.6 is 22.9 Å². The predicted molar refractivity (Wildman–Crippen MR) is 82.7 cm³/mol. The molecule has 20 heavy (non-hydrogen) atoms. The molecule has 0 atom stereocenters. The van der Waals surface area contributed by atoms with Gasteiger partial charge in [0.25, 0.3) is 0 Å². The van der Waals surface area contributed by atoms with Gasteiger partial charge in [0.2, 0.25) is 0 Å². The number of rotatable bonds is 2. The van der Waals surface area contributed by atoms with E-state index in [1.807, 2.05) is 19.1 Å². The molecule has 0 amide bonds. The minimum atomic E-state index is -0.257. The first-order valence-electron chi connectivity index (χ1n) is 6.13. The van der Waals surface area contributed by atoms with E-state index in [0.29, 0.717) is 4.47 Å². The smallest absolute Gasteiger partial charge is 0.184 e. The molecule has 3 rings (SSSR count). The molecule has 0 spiro atoms. The Balaban J connectivity index is 2.12. The highest BCUT2D eigenvalue weighted by Gasteiger charge is 2.14. The first-order chi connectivity index (χ1) is 9.63. The molecule has 0 aliphatic heterocycles. The van der Waals surface area contributed by atoms with Crippen LogP contribution in [0.2, 0.25) is 4.47 Å². The molecule has 0 bridgehead atoms. The highest BCUT2D eigenvalue weighted by molar-refractivity contribution is 7.19. The zero-order chi connectivity index (χ0) is 14.1. The standard InChI is InChI=1S/C16H11ClFNS/c1-10-2-4-12(5-3-10)15-14(19-16(17)20-15)11-6-8-13(18)9-7-11/h2-9H,1H3. The molecular weight excluding hydrogens is 293 g/mol. The van der Waals surface area contributed by atoms with Gasteiger partial charge in [-0.1, -0.05) is 41.4 Å². The van der Waals surface area contributed by atoms with Crippen molar-refractivity contribution >= 4 is 22.9 Å². The van der Waals surface area contributed by atoms with Crippen molar-refractivity contribution in [3.8, 4) is 21.7 Å². The number of nitrogens with zero attached hydrogens (tertiary/aromatic N) is 1. The van der Waals surface area contributed by atoms with Gasteiger partial charge >= 0.3 is 0 Å². The van der Waals surface area contributed by atoms with E-state index in [1.165, 1.54) is 29.0 Å². The highest BCUT2D eigenvalue weighted by atomic mass is 35.5. The SMILES string of the molecule is Cc1ccc(-c2sc(Cl)nc2-c2ccc(F)cc2)cc1. The van der Waals surface area contributed by atoms with Crippen molar-refractivity contribution in [3.05, 3.63) is 64.4 Å². The first-order valence-corrected chi connectivity index (χ1v) is 7.32. The molecule has 0 fully saturated rings. The fraction of sp³-hybridized carbons (Fsp3) is 0.0625. The van der Waals surface area contributed by atoms with Gasteiger partial charge in [0.05, 0.1) is 10.6 Å². The van der Waals surface area contributed by atoms with Crippen LogP contribution in [-0.4, -0.2) is 4.98 Å². The summed E-state index contributed by atoms with van der Waals surface area (Å²) >= 11 is 7.49. The quantitative estimate of drug-likeness (QED) is 0.602. The molecule has 0 radical (unpaired) electrons. The van der Waals surface area contributed by atoms with Gasteiger partial charge in [0.15, 0.2) is 4.47 Å². The molecule has 0 unspecified atom stereocenters. The molecule has 0 saturated carbocycles. The van der Waals surface area contributed by atoms with E-state index < -0.39 is 0 Å². The second-order valence-electron chi connectivity index (χ2n) is 4.52. The van der Waals surface area contributed by atoms with Crippen molar-refractivity contribution in [2.75, 3.05) is 0 Å². The van der Waals surface area contributed by atoms with E-state index in [4.69, 9.17) is 11.6 Å². The molecule has 3 aromatic rings. The van der Waals surface area contributed by atoms with Crippen molar-refractivity contribution in [1.29, 1.82) is 0 Å². The fourth-order valence-corrected chi connectivity index (χ4v) is 3.13. The van der Waals surface area contributed by atoms with E-state index >= 15 is 0 Å². The molecule has 0 aliphatic rings. The Morgan fingerprint density at radius 2 is 1.55 bits per heavy atom. The molecular formula is C16H11ClFNS. The van der Waals surface area contributed by atoms with Gasteiger partial charge in [0, 0.05) is 5.56 Å². The zero-order valence-electron chi connectivity index (χ0n) is 10.7. The van der Waals surface area contributed by atoms with Crippen LogP contribution in [0.25, 0.3) is 21.7 Å². The zero-order valence-corrected chi connectivity index (χ0v) is 12.3. The monoisotopic (exact) mass is 303 g/mol. The topological polar surface area (TPSA) is 12.9 Å². The number of hydrogen-bond donors (Lipinski definition) is 0. The highest BCUT2D eigenvalue weighted by Crippen LogP contribution is 2.38. The van der Waals surface area contributed by atoms with Crippen molar-refractivity contribution in [1.82, 2.24) is 4.98 Å². The lowest BCUT2D eigenvalue weighted by molar-refractivity contribution is 0.628. The normalized spacial score (nSPS) is 10.8. The van der Waals surface area contributed by atoms with Crippen molar-refractivity contribution < 1.29 is 4.39 Å². The summed E-state index contributed by atoms with van der Waals surface area (Å²) in [7, 11) is 0. The van der Waals surface area contributed by atoms with Gasteiger partial charge in [-0.05, 0) is 36.8 Å². The average Bonchev–Trinajstić information content (AvgIpc) is 2.82. The molecule has 0 aliphatic carbocycles. The minimum absolute atomic E-state index is 0.257. The Labute approximate surface area is 125 Å². The van der Waals surface area contributed by atoms with Gasteiger partial charge in [-0.15, -0.1) is 11.3 Å². The summed E-state index contributed by atoms with van der Waals surface area (Å²) in [5.74, 6) is -0.257. The molecule has 2 aromatic carbocycles. The maximum atomic E-state index is 13.0. The van der Waals surface area contributed by atoms with Crippen LogP contribution in [0, 0.1) is 12.7 Å². The third kappa shape index (κ3) is 2.60. The number of aromatic nitrogens is 1. The predicted octanol–water partition coefficient (Wildman–Crippen LogP) is 5.58. The van der Waals surface area contributed by atoms with Gasteiger partial charge < -0.3 is 0 Å². The maximum absolute atomic E-state index is 13.0. The second-order valence-corrected chi connectivity index (χ2v) is 6.10. The average molecular weight is 304 g/mol. The Morgan fingerprint density at radius 1 is 0.950 bits per heavy atom. The van der Waals surface area contributed by atoms with Crippen molar-refractivity contribution in [3.63, 3.8) is 0 Å². The van der Waals surface area contributed by atoms with Crippen molar-refractivity contribution in [2.45, 2.75) is 6.92 Å². The van der Waals surface area contributed by atoms with E-state index in [1.54, 1.807) is 12.1 Å². The molecule has 1 heterocycles. The largest absolute Gasteiger partial charge is 0.224 e. The Kier molecular flexibility index (Phi) is 3.55. The molecule has 4 heteroatoms. The van der Waals surface area contributed by atoms with E-state index in [2.05, 4.69) is 17.1 Å². The maximum Gasteiger partial charge on any atom is 0.184 e. The molecule has 100 valence electrons. The van der Waals surface area contributed by atoms with E-state index in [-0.39, 0.29) is 5.82 Å². The Hall–Kier alpha value is -1.71. The third-order valence-electron chi connectivity index (χ3n) is 3.03. The van der Waals surface area contributed by atoms with Crippen LogP contribution in [0.4, 0.5) is 4.39 Å².